The number of carbonyl (C=O) groups excluding carboxylic acids is 2. The van der Waals surface area contributed by atoms with Crippen molar-refractivity contribution in [2.75, 3.05) is 26.1 Å². The predicted molar refractivity (Wildman–Crippen MR) is 99.8 cm³/mol. The van der Waals surface area contributed by atoms with Crippen LogP contribution in [0.4, 0.5) is 5.69 Å². The van der Waals surface area contributed by atoms with Crippen LogP contribution in [0.3, 0.4) is 0 Å². The van der Waals surface area contributed by atoms with Crippen molar-refractivity contribution in [1.29, 1.82) is 0 Å². The van der Waals surface area contributed by atoms with Crippen LogP contribution < -0.4 is 24.2 Å². The zero-order valence-electron chi connectivity index (χ0n) is 14.7. The van der Waals surface area contributed by atoms with Gasteiger partial charge in [0.25, 0.3) is 21.8 Å². The van der Waals surface area contributed by atoms with Gasteiger partial charge < -0.3 is 19.5 Å². The number of methoxy groups -OCH3 is 2. The Morgan fingerprint density at radius 1 is 1.21 bits per heavy atom. The molecule has 0 aromatic heterocycles. The average Bonchev–Trinajstić information content (AvgIpc) is 2.66. The first-order valence-corrected chi connectivity index (χ1v) is 9.66. The summed E-state index contributed by atoms with van der Waals surface area (Å²) in [7, 11) is -1.55. The van der Waals surface area contributed by atoms with Gasteiger partial charge in [0, 0.05) is 12.1 Å². The average molecular weight is 427 g/mol. The second-order valence-electron chi connectivity index (χ2n) is 5.62. The molecule has 2 aromatic carbocycles. The number of amides is 2. The third-order valence-electron chi connectivity index (χ3n) is 3.84. The van der Waals surface area contributed by atoms with Crippen molar-refractivity contribution in [1.82, 2.24) is 4.72 Å². The summed E-state index contributed by atoms with van der Waals surface area (Å²) in [5, 5.41) is 2.32. The summed E-state index contributed by atoms with van der Waals surface area (Å²) >= 11 is 6.04. The number of sulfonamides is 1. The Morgan fingerprint density at radius 2 is 1.96 bits per heavy atom. The van der Waals surface area contributed by atoms with Gasteiger partial charge in [-0.25, -0.2) is 13.1 Å². The number of nitrogens with one attached hydrogen (secondary N) is 2. The molecule has 0 radical (unpaired) electrons. The minimum Gasteiger partial charge on any atom is -0.497 e. The fourth-order valence-corrected chi connectivity index (χ4v) is 4.02. The van der Waals surface area contributed by atoms with Crippen molar-refractivity contribution >= 4 is 39.1 Å². The quantitative estimate of drug-likeness (QED) is 0.747. The predicted octanol–water partition coefficient (Wildman–Crippen LogP) is 1.81. The second-order valence-corrected chi connectivity index (χ2v) is 7.67. The van der Waals surface area contributed by atoms with Crippen LogP contribution in [0.15, 0.2) is 35.2 Å². The maximum absolute atomic E-state index is 12.7. The smallest absolute Gasteiger partial charge is 0.268 e. The largest absolute Gasteiger partial charge is 0.497 e. The van der Waals surface area contributed by atoms with E-state index in [4.69, 9.17) is 25.8 Å². The number of ether oxygens (including phenoxy) is 3. The van der Waals surface area contributed by atoms with Crippen LogP contribution in [-0.4, -0.2) is 41.1 Å². The summed E-state index contributed by atoms with van der Waals surface area (Å²) in [6.07, 6.45) is 0. The monoisotopic (exact) mass is 426 g/mol. The number of benzene rings is 2. The maximum atomic E-state index is 12.7. The Balaban J connectivity index is 1.92. The van der Waals surface area contributed by atoms with Crippen LogP contribution >= 0.6 is 11.6 Å². The van der Waals surface area contributed by atoms with Crippen molar-refractivity contribution in [3.8, 4) is 17.2 Å². The van der Waals surface area contributed by atoms with Crippen molar-refractivity contribution in [3.05, 3.63) is 40.9 Å². The van der Waals surface area contributed by atoms with E-state index in [1.807, 2.05) is 4.72 Å². The number of fused-ring (bicyclic) bond motifs is 1. The van der Waals surface area contributed by atoms with Gasteiger partial charge in [0.2, 0.25) is 0 Å². The lowest BCUT2D eigenvalue weighted by molar-refractivity contribution is -0.118. The van der Waals surface area contributed by atoms with Crippen LogP contribution in [0.5, 0.6) is 17.2 Å². The standard InChI is InChI=1S/C17H15ClN2O7S/c1-25-9-3-4-10(13(5-9)26-2)17(22)20-28(23,24)15-7-14-12(6-11(15)18)19-16(21)8-27-14/h3-7H,8H2,1-2H3,(H,19,21)(H,20,22). The molecule has 0 fully saturated rings. The number of hydrogen-bond acceptors (Lipinski definition) is 7. The molecule has 2 amide bonds. The Kier molecular flexibility index (Phi) is 5.34. The van der Waals surface area contributed by atoms with Crippen molar-refractivity contribution < 1.29 is 32.2 Å². The summed E-state index contributed by atoms with van der Waals surface area (Å²) < 4.78 is 42.7. The summed E-state index contributed by atoms with van der Waals surface area (Å²) in [6, 6.07) is 6.69. The van der Waals surface area contributed by atoms with Gasteiger partial charge >= 0.3 is 0 Å². The highest BCUT2D eigenvalue weighted by Crippen LogP contribution is 2.35. The van der Waals surface area contributed by atoms with Crippen molar-refractivity contribution in [2.24, 2.45) is 0 Å². The van der Waals surface area contributed by atoms with Gasteiger partial charge in [-0.2, -0.15) is 0 Å². The van der Waals surface area contributed by atoms with Crippen molar-refractivity contribution in [3.63, 3.8) is 0 Å². The first-order valence-electron chi connectivity index (χ1n) is 7.80. The normalized spacial score (nSPS) is 13.0. The first kappa shape index (κ1) is 19.8. The summed E-state index contributed by atoms with van der Waals surface area (Å²) in [6.45, 7) is -0.260. The van der Waals surface area contributed by atoms with Gasteiger partial charge in [0.1, 0.15) is 22.1 Å². The molecule has 0 spiro atoms. The maximum Gasteiger partial charge on any atom is 0.268 e. The fourth-order valence-electron chi connectivity index (χ4n) is 2.51. The van der Waals surface area contributed by atoms with E-state index in [1.165, 1.54) is 38.5 Å². The molecule has 0 atom stereocenters. The van der Waals surface area contributed by atoms with Gasteiger partial charge in [-0.1, -0.05) is 11.6 Å². The fraction of sp³-hybridized carbons (Fsp3) is 0.176. The summed E-state index contributed by atoms with van der Waals surface area (Å²) in [5.74, 6) is -0.608. The van der Waals surface area contributed by atoms with Gasteiger partial charge in [-0.05, 0) is 18.2 Å². The van der Waals surface area contributed by atoms with Crippen LogP contribution in [0.1, 0.15) is 10.4 Å². The van der Waals surface area contributed by atoms with E-state index in [0.29, 0.717) is 5.75 Å². The van der Waals surface area contributed by atoms with E-state index in [0.717, 1.165) is 6.07 Å². The van der Waals surface area contributed by atoms with Gasteiger partial charge in [-0.15, -0.1) is 0 Å². The van der Waals surface area contributed by atoms with Gasteiger partial charge in [0.15, 0.2) is 6.61 Å². The minimum atomic E-state index is -4.34. The summed E-state index contributed by atoms with van der Waals surface area (Å²) in [4.78, 5) is 23.5. The lowest BCUT2D eigenvalue weighted by Gasteiger charge is -2.19. The minimum absolute atomic E-state index is 0.00975. The van der Waals surface area contributed by atoms with E-state index in [9.17, 15) is 18.0 Å². The number of halogens is 1. The van der Waals surface area contributed by atoms with Gasteiger partial charge in [0.05, 0.1) is 30.5 Å². The number of rotatable bonds is 5. The Hall–Kier alpha value is -2.98. The zero-order chi connectivity index (χ0) is 20.5. The molecule has 3 rings (SSSR count). The molecule has 2 N–H and O–H groups in total. The second kappa shape index (κ2) is 7.56. The highest BCUT2D eigenvalue weighted by atomic mass is 35.5. The van der Waals surface area contributed by atoms with E-state index in [2.05, 4.69) is 5.32 Å². The molecule has 28 heavy (non-hydrogen) atoms. The van der Waals surface area contributed by atoms with Crippen molar-refractivity contribution in [2.45, 2.75) is 4.90 Å². The van der Waals surface area contributed by atoms with Crippen LogP contribution in [0.25, 0.3) is 0 Å². The van der Waals surface area contributed by atoms with E-state index >= 15 is 0 Å². The molecule has 0 unspecified atom stereocenters. The van der Waals surface area contributed by atoms with Crippen LogP contribution in [-0.2, 0) is 14.8 Å². The van der Waals surface area contributed by atoms with Crippen LogP contribution in [0.2, 0.25) is 5.02 Å². The highest BCUT2D eigenvalue weighted by molar-refractivity contribution is 7.90. The number of anilines is 1. The molecule has 2 aromatic rings. The van der Waals surface area contributed by atoms with Gasteiger partial charge in [-0.3, -0.25) is 9.59 Å². The number of carbonyl (C=O) groups is 2. The number of hydrogen-bond donors (Lipinski definition) is 2. The summed E-state index contributed by atoms with van der Waals surface area (Å²) in [5.41, 5.74) is 0.229. The third kappa shape index (κ3) is 3.82. The first-order chi connectivity index (χ1) is 13.2. The Labute approximate surface area is 165 Å². The molecule has 0 saturated carbocycles. The highest BCUT2D eigenvalue weighted by Gasteiger charge is 2.27. The Morgan fingerprint density at radius 3 is 2.64 bits per heavy atom. The Bertz CT molecular complexity index is 1070. The molecule has 1 heterocycles. The SMILES string of the molecule is COc1ccc(C(=O)NS(=O)(=O)c2cc3c(cc2Cl)NC(=O)CO3)c(OC)c1. The van der Waals surface area contributed by atoms with E-state index in [1.54, 1.807) is 0 Å². The molecule has 9 nitrogen and oxygen atoms in total. The lowest BCUT2D eigenvalue weighted by Crippen LogP contribution is -2.31. The molecule has 148 valence electrons. The molecule has 0 aliphatic carbocycles. The zero-order valence-corrected chi connectivity index (χ0v) is 16.3. The molecular weight excluding hydrogens is 412 g/mol. The molecule has 0 bridgehead atoms. The molecule has 1 aliphatic rings. The van der Waals surface area contributed by atoms with Crippen LogP contribution in [0, 0.1) is 0 Å². The molecule has 11 heteroatoms. The van der Waals surface area contributed by atoms with E-state index in [-0.39, 0.29) is 45.2 Å². The van der Waals surface area contributed by atoms with E-state index < -0.39 is 15.9 Å². The molecule has 1 aliphatic heterocycles. The molecule has 0 saturated heterocycles. The lowest BCUT2D eigenvalue weighted by atomic mass is 10.2. The topological polar surface area (TPSA) is 120 Å². The molecular formula is C17H15ClN2O7S. The third-order valence-corrected chi connectivity index (χ3v) is 5.63.